The summed E-state index contributed by atoms with van der Waals surface area (Å²) in [5, 5.41) is 9.54. The first-order chi connectivity index (χ1) is 6.34. The zero-order chi connectivity index (χ0) is 10.9. The molecule has 0 aromatic rings. The van der Waals surface area contributed by atoms with Crippen molar-refractivity contribution in [1.29, 1.82) is 5.41 Å². The molecule has 1 aliphatic rings. The molecule has 0 aliphatic carbocycles. The van der Waals surface area contributed by atoms with E-state index in [0.29, 0.717) is 0 Å². The third-order valence-corrected chi connectivity index (χ3v) is 2.05. The van der Waals surface area contributed by atoms with E-state index in [1.165, 1.54) is 0 Å². The number of amides is 3. The normalized spacial score (nSPS) is 19.7. The smallest absolute Gasteiger partial charge is 0.325 e. The van der Waals surface area contributed by atoms with Crippen LogP contribution in [-0.2, 0) is 4.79 Å². The molecule has 0 aromatic heterocycles. The Morgan fingerprint density at radius 3 is 2.50 bits per heavy atom. The molecule has 6 heteroatoms. The van der Waals surface area contributed by atoms with Crippen molar-refractivity contribution in [3.05, 3.63) is 0 Å². The van der Waals surface area contributed by atoms with Gasteiger partial charge in [0.25, 0.3) is 5.91 Å². The minimum absolute atomic E-state index is 0.0321. The fraction of sp³-hybridized carbons (Fsp3) is 0.625. The molecular formula is C8H14N4O2. The summed E-state index contributed by atoms with van der Waals surface area (Å²) in [6.07, 6.45) is 0.217. The van der Waals surface area contributed by atoms with Gasteiger partial charge in [0.2, 0.25) is 0 Å². The van der Waals surface area contributed by atoms with Crippen molar-refractivity contribution in [2.24, 2.45) is 5.73 Å². The van der Waals surface area contributed by atoms with Crippen LogP contribution in [-0.4, -0.2) is 34.8 Å². The fourth-order valence-electron chi connectivity index (χ4n) is 1.25. The Bertz CT molecular complexity index is 298. The number of imide groups is 1. The number of carbonyl (C=O) groups is 2. The summed E-state index contributed by atoms with van der Waals surface area (Å²) in [6.45, 7) is 3.45. The van der Waals surface area contributed by atoms with E-state index in [1.54, 1.807) is 13.8 Å². The van der Waals surface area contributed by atoms with Gasteiger partial charge < -0.3 is 11.1 Å². The van der Waals surface area contributed by atoms with E-state index in [4.69, 9.17) is 11.1 Å². The van der Waals surface area contributed by atoms with Gasteiger partial charge in [-0.15, -0.1) is 0 Å². The van der Waals surface area contributed by atoms with E-state index in [2.05, 4.69) is 5.32 Å². The van der Waals surface area contributed by atoms with Crippen LogP contribution < -0.4 is 11.1 Å². The maximum atomic E-state index is 11.6. The van der Waals surface area contributed by atoms with Crippen LogP contribution in [0.15, 0.2) is 0 Å². The molecule has 0 saturated carbocycles. The number of hydrogen-bond donors (Lipinski definition) is 3. The summed E-state index contributed by atoms with van der Waals surface area (Å²) in [7, 11) is 0. The molecule has 4 N–H and O–H groups in total. The lowest BCUT2D eigenvalue weighted by Gasteiger charge is -2.15. The second-order valence-electron chi connectivity index (χ2n) is 3.79. The first kappa shape index (κ1) is 10.5. The third kappa shape index (κ3) is 1.84. The number of nitrogens with one attached hydrogen (secondary N) is 2. The van der Waals surface area contributed by atoms with E-state index >= 15 is 0 Å². The molecule has 3 amide bonds. The summed E-state index contributed by atoms with van der Waals surface area (Å²) in [5.41, 5.74) is 4.30. The van der Waals surface area contributed by atoms with Crippen molar-refractivity contribution < 1.29 is 9.59 Å². The molecule has 1 saturated heterocycles. The monoisotopic (exact) mass is 198 g/mol. The second-order valence-corrected chi connectivity index (χ2v) is 3.79. The Hall–Kier alpha value is -1.59. The molecule has 78 valence electrons. The molecule has 1 fully saturated rings. The van der Waals surface area contributed by atoms with Gasteiger partial charge in [0.05, 0.1) is 5.84 Å². The van der Waals surface area contributed by atoms with Crippen molar-refractivity contribution in [2.45, 2.75) is 25.8 Å². The lowest BCUT2D eigenvalue weighted by molar-refractivity contribution is -0.130. The molecule has 14 heavy (non-hydrogen) atoms. The fourth-order valence-corrected chi connectivity index (χ4v) is 1.25. The minimum atomic E-state index is -0.839. The average Bonchev–Trinajstić information content (AvgIpc) is 2.19. The van der Waals surface area contributed by atoms with E-state index in [9.17, 15) is 9.59 Å². The van der Waals surface area contributed by atoms with Crippen LogP contribution in [0.3, 0.4) is 0 Å². The molecule has 0 unspecified atom stereocenters. The summed E-state index contributed by atoms with van der Waals surface area (Å²) in [4.78, 5) is 24.0. The summed E-state index contributed by atoms with van der Waals surface area (Å²) in [5.74, 6) is -0.306. The van der Waals surface area contributed by atoms with Crippen LogP contribution in [0.2, 0.25) is 0 Å². The summed E-state index contributed by atoms with van der Waals surface area (Å²) >= 11 is 0. The van der Waals surface area contributed by atoms with Crippen LogP contribution in [0.4, 0.5) is 4.79 Å². The predicted molar refractivity (Wildman–Crippen MR) is 50.9 cm³/mol. The maximum absolute atomic E-state index is 11.6. The number of nitrogens with two attached hydrogens (primary N) is 1. The Labute approximate surface area is 81.9 Å². The molecule has 0 spiro atoms. The van der Waals surface area contributed by atoms with Crippen molar-refractivity contribution in [3.63, 3.8) is 0 Å². The Balaban J connectivity index is 2.67. The molecule has 1 rings (SSSR count). The van der Waals surface area contributed by atoms with Crippen molar-refractivity contribution in [3.8, 4) is 0 Å². The van der Waals surface area contributed by atoms with Crippen LogP contribution in [0.25, 0.3) is 0 Å². The summed E-state index contributed by atoms with van der Waals surface area (Å²) in [6, 6.07) is -0.416. The number of nitrogens with zero attached hydrogens (tertiary/aromatic N) is 1. The lowest BCUT2D eigenvalue weighted by atomic mass is 10.1. The Morgan fingerprint density at radius 1 is 1.57 bits per heavy atom. The van der Waals surface area contributed by atoms with E-state index in [1.807, 2.05) is 0 Å². The number of carbonyl (C=O) groups excluding carboxylic acids is 2. The van der Waals surface area contributed by atoms with Crippen molar-refractivity contribution in [1.82, 2.24) is 10.2 Å². The zero-order valence-corrected chi connectivity index (χ0v) is 8.26. The highest BCUT2D eigenvalue weighted by Gasteiger charge is 2.43. The van der Waals surface area contributed by atoms with E-state index in [0.717, 1.165) is 4.90 Å². The van der Waals surface area contributed by atoms with Crippen molar-refractivity contribution in [2.75, 3.05) is 6.54 Å². The third-order valence-electron chi connectivity index (χ3n) is 2.05. The Kier molecular flexibility index (Phi) is 2.46. The molecule has 1 aliphatic heterocycles. The number of urea groups is 1. The lowest BCUT2D eigenvalue weighted by Crippen LogP contribution is -2.40. The molecule has 6 nitrogen and oxygen atoms in total. The topological polar surface area (TPSA) is 99.3 Å². The number of hydrogen-bond acceptors (Lipinski definition) is 3. The van der Waals surface area contributed by atoms with Gasteiger partial charge in [-0.1, -0.05) is 0 Å². The molecule has 1 heterocycles. The van der Waals surface area contributed by atoms with Gasteiger partial charge in [0.15, 0.2) is 0 Å². The van der Waals surface area contributed by atoms with Gasteiger partial charge in [0.1, 0.15) is 5.54 Å². The van der Waals surface area contributed by atoms with Gasteiger partial charge in [-0.05, 0) is 13.8 Å². The van der Waals surface area contributed by atoms with Gasteiger partial charge >= 0.3 is 6.03 Å². The van der Waals surface area contributed by atoms with Gasteiger partial charge in [-0.25, -0.2) is 4.79 Å². The molecule has 0 aromatic carbocycles. The number of rotatable bonds is 3. The minimum Gasteiger partial charge on any atom is -0.388 e. The standard InChI is InChI=1S/C8H14N4O2/c1-8(2)6(13)12(7(14)11-8)4-3-5(9)10/h3-4H2,1-2H3,(H3,9,10)(H,11,14). The highest BCUT2D eigenvalue weighted by molar-refractivity contribution is 6.06. The number of amidine groups is 1. The molecule has 0 bridgehead atoms. The SMILES string of the molecule is CC1(C)NC(=O)N(CCC(=N)N)C1=O. The average molecular weight is 198 g/mol. The van der Waals surface area contributed by atoms with Crippen LogP contribution in [0.5, 0.6) is 0 Å². The molecule has 0 radical (unpaired) electrons. The molecule has 0 atom stereocenters. The highest BCUT2D eigenvalue weighted by atomic mass is 16.2. The zero-order valence-electron chi connectivity index (χ0n) is 8.26. The Morgan fingerprint density at radius 2 is 2.14 bits per heavy atom. The first-order valence-corrected chi connectivity index (χ1v) is 4.31. The van der Waals surface area contributed by atoms with Gasteiger partial charge in [-0.3, -0.25) is 15.1 Å². The van der Waals surface area contributed by atoms with Crippen LogP contribution in [0.1, 0.15) is 20.3 Å². The first-order valence-electron chi connectivity index (χ1n) is 4.31. The van der Waals surface area contributed by atoms with Gasteiger partial charge in [0, 0.05) is 13.0 Å². The van der Waals surface area contributed by atoms with Crippen LogP contribution in [0, 0.1) is 5.41 Å². The predicted octanol–water partition coefficient (Wildman–Crippen LogP) is -0.357. The highest BCUT2D eigenvalue weighted by Crippen LogP contribution is 2.16. The molecular weight excluding hydrogens is 184 g/mol. The quantitative estimate of drug-likeness (QED) is 0.328. The van der Waals surface area contributed by atoms with Crippen molar-refractivity contribution >= 4 is 17.8 Å². The largest absolute Gasteiger partial charge is 0.388 e. The van der Waals surface area contributed by atoms with Crippen LogP contribution >= 0.6 is 0 Å². The second kappa shape index (κ2) is 3.28. The maximum Gasteiger partial charge on any atom is 0.325 e. The van der Waals surface area contributed by atoms with E-state index < -0.39 is 11.6 Å². The van der Waals surface area contributed by atoms with E-state index in [-0.39, 0.29) is 24.7 Å². The van der Waals surface area contributed by atoms with Gasteiger partial charge in [-0.2, -0.15) is 0 Å². The summed E-state index contributed by atoms with van der Waals surface area (Å²) < 4.78 is 0.